The first-order chi connectivity index (χ1) is 12.8. The minimum absolute atomic E-state index is 0.0689. The van der Waals surface area contributed by atoms with Crippen molar-refractivity contribution in [1.82, 2.24) is 4.57 Å². The molecular weight excluding hydrogens is 357 g/mol. The number of benzene rings is 2. The third-order valence-electron chi connectivity index (χ3n) is 4.04. The largest absolute Gasteiger partial charge is 0.419 e. The summed E-state index contributed by atoms with van der Waals surface area (Å²) in [6, 6.07) is 8.31. The van der Waals surface area contributed by atoms with E-state index in [1.165, 1.54) is 34.9 Å². The van der Waals surface area contributed by atoms with Crippen molar-refractivity contribution < 1.29 is 18.5 Å². The van der Waals surface area contributed by atoms with E-state index in [1.54, 1.807) is 13.0 Å². The summed E-state index contributed by atoms with van der Waals surface area (Å²) in [4.78, 5) is 34.2. The fraction of sp³-hybridized carbons (Fsp3) is 0.222. The van der Waals surface area contributed by atoms with E-state index >= 15 is 0 Å². The molecule has 0 fully saturated rings. The molecule has 140 valence electrons. The topological polar surface area (TPSA) is 107 Å². The number of fused-ring (bicyclic) bond motifs is 1. The zero-order chi connectivity index (χ0) is 19.6. The van der Waals surface area contributed by atoms with Gasteiger partial charge in [0.05, 0.1) is 22.2 Å². The summed E-state index contributed by atoms with van der Waals surface area (Å²) in [7, 11) is 0. The van der Waals surface area contributed by atoms with Crippen LogP contribution in [0.25, 0.3) is 11.1 Å². The number of carbonyl (C=O) groups excluding carboxylic acids is 1. The van der Waals surface area contributed by atoms with Gasteiger partial charge in [0.1, 0.15) is 5.82 Å². The SMILES string of the molecule is Cc1ccc(F)c(NC(=O)CCCn2c(=O)oc3cc([N+](=O)[O-])ccc32)c1. The molecule has 9 heteroatoms. The number of aromatic nitrogens is 1. The molecule has 0 saturated carbocycles. The number of aryl methyl sites for hydroxylation is 2. The summed E-state index contributed by atoms with van der Waals surface area (Å²) >= 11 is 0. The second-order valence-corrected chi connectivity index (χ2v) is 6.06. The summed E-state index contributed by atoms with van der Waals surface area (Å²) in [6.07, 6.45) is 0.379. The standard InChI is InChI=1S/C18H16FN3O5/c1-11-4-6-13(19)14(9-11)20-17(23)3-2-8-21-15-7-5-12(22(25)26)10-16(15)27-18(21)24/h4-7,9-10H,2-3,8H2,1H3,(H,20,23). The summed E-state index contributed by atoms with van der Waals surface area (Å²) in [5.41, 5.74) is 1.27. The fourth-order valence-corrected chi connectivity index (χ4v) is 2.73. The third kappa shape index (κ3) is 4.02. The van der Waals surface area contributed by atoms with E-state index in [0.29, 0.717) is 11.9 Å². The Bertz CT molecular complexity index is 1090. The number of hydrogen-bond acceptors (Lipinski definition) is 5. The van der Waals surface area contributed by atoms with Gasteiger partial charge in [0.2, 0.25) is 5.91 Å². The molecule has 0 bridgehead atoms. The molecule has 27 heavy (non-hydrogen) atoms. The Hall–Kier alpha value is -3.49. The van der Waals surface area contributed by atoms with Gasteiger partial charge in [0, 0.05) is 19.0 Å². The van der Waals surface area contributed by atoms with Gasteiger partial charge in [-0.2, -0.15) is 0 Å². The number of anilines is 1. The molecule has 0 saturated heterocycles. The number of rotatable bonds is 6. The van der Waals surface area contributed by atoms with Crippen LogP contribution in [0.2, 0.25) is 0 Å². The van der Waals surface area contributed by atoms with Gasteiger partial charge >= 0.3 is 5.76 Å². The van der Waals surface area contributed by atoms with Crippen LogP contribution in [0.3, 0.4) is 0 Å². The highest BCUT2D eigenvalue weighted by Gasteiger charge is 2.14. The Morgan fingerprint density at radius 1 is 1.30 bits per heavy atom. The van der Waals surface area contributed by atoms with Gasteiger partial charge in [-0.1, -0.05) is 6.07 Å². The monoisotopic (exact) mass is 373 g/mol. The first kappa shape index (κ1) is 18.3. The van der Waals surface area contributed by atoms with Crippen LogP contribution < -0.4 is 11.1 Å². The van der Waals surface area contributed by atoms with E-state index in [2.05, 4.69) is 5.32 Å². The van der Waals surface area contributed by atoms with Crippen LogP contribution in [0.15, 0.2) is 45.6 Å². The lowest BCUT2D eigenvalue weighted by atomic mass is 10.2. The number of nitrogens with one attached hydrogen (secondary N) is 1. The van der Waals surface area contributed by atoms with Crippen molar-refractivity contribution in [2.45, 2.75) is 26.3 Å². The molecule has 0 aliphatic rings. The molecular formula is C18H16FN3O5. The Morgan fingerprint density at radius 2 is 2.07 bits per heavy atom. The van der Waals surface area contributed by atoms with E-state index in [4.69, 9.17) is 4.42 Å². The number of non-ortho nitro benzene ring substituents is 1. The summed E-state index contributed by atoms with van der Waals surface area (Å²) in [6.45, 7) is 1.98. The van der Waals surface area contributed by atoms with Gasteiger partial charge in [-0.15, -0.1) is 0 Å². The molecule has 1 heterocycles. The maximum absolute atomic E-state index is 13.7. The van der Waals surface area contributed by atoms with Crippen molar-refractivity contribution in [3.8, 4) is 0 Å². The van der Waals surface area contributed by atoms with Gasteiger partial charge in [-0.25, -0.2) is 9.18 Å². The highest BCUT2D eigenvalue weighted by molar-refractivity contribution is 5.90. The molecule has 0 unspecified atom stereocenters. The van der Waals surface area contributed by atoms with E-state index in [9.17, 15) is 24.1 Å². The van der Waals surface area contributed by atoms with Crippen LogP contribution in [-0.4, -0.2) is 15.4 Å². The Morgan fingerprint density at radius 3 is 2.81 bits per heavy atom. The predicted molar refractivity (Wildman–Crippen MR) is 96.1 cm³/mol. The lowest BCUT2D eigenvalue weighted by Gasteiger charge is -2.07. The zero-order valence-corrected chi connectivity index (χ0v) is 14.4. The number of amides is 1. The minimum atomic E-state index is -0.657. The Labute approximate surface area is 152 Å². The quantitative estimate of drug-likeness (QED) is 0.526. The highest BCUT2D eigenvalue weighted by atomic mass is 19.1. The molecule has 3 rings (SSSR count). The molecule has 3 aromatic rings. The normalized spacial score (nSPS) is 10.9. The summed E-state index contributed by atoms with van der Waals surface area (Å²) < 4.78 is 20.0. The van der Waals surface area contributed by atoms with E-state index in [0.717, 1.165) is 5.56 Å². The maximum Gasteiger partial charge on any atom is 0.419 e. The van der Waals surface area contributed by atoms with Crippen LogP contribution in [-0.2, 0) is 11.3 Å². The summed E-state index contributed by atoms with van der Waals surface area (Å²) in [5, 5.41) is 13.3. The molecule has 2 aromatic carbocycles. The average Bonchev–Trinajstić information content (AvgIpc) is 2.93. The van der Waals surface area contributed by atoms with Gasteiger partial charge in [-0.05, 0) is 37.1 Å². The van der Waals surface area contributed by atoms with Crippen molar-refractivity contribution in [1.29, 1.82) is 0 Å². The first-order valence-electron chi connectivity index (χ1n) is 8.19. The second kappa shape index (κ2) is 7.40. The van der Waals surface area contributed by atoms with Crippen LogP contribution in [0.5, 0.6) is 0 Å². The van der Waals surface area contributed by atoms with Gasteiger partial charge in [0.25, 0.3) is 5.69 Å². The van der Waals surface area contributed by atoms with Crippen molar-refractivity contribution in [2.24, 2.45) is 0 Å². The molecule has 1 aromatic heterocycles. The second-order valence-electron chi connectivity index (χ2n) is 6.06. The fourth-order valence-electron chi connectivity index (χ4n) is 2.73. The lowest BCUT2D eigenvalue weighted by Crippen LogP contribution is -2.17. The molecule has 0 radical (unpaired) electrons. The Balaban J connectivity index is 1.66. The Kier molecular flexibility index (Phi) is 5.02. The third-order valence-corrected chi connectivity index (χ3v) is 4.04. The van der Waals surface area contributed by atoms with E-state index < -0.39 is 16.5 Å². The zero-order valence-electron chi connectivity index (χ0n) is 14.4. The van der Waals surface area contributed by atoms with E-state index in [1.807, 2.05) is 0 Å². The molecule has 1 N–H and O–H groups in total. The number of nitro benzene ring substituents is 1. The molecule has 0 atom stereocenters. The van der Waals surface area contributed by atoms with Crippen molar-refractivity contribution in [2.75, 3.05) is 5.32 Å². The van der Waals surface area contributed by atoms with Crippen molar-refractivity contribution >= 4 is 28.4 Å². The van der Waals surface area contributed by atoms with E-state index in [-0.39, 0.29) is 35.8 Å². The average molecular weight is 373 g/mol. The minimum Gasteiger partial charge on any atom is -0.407 e. The van der Waals surface area contributed by atoms with Crippen molar-refractivity contribution in [3.63, 3.8) is 0 Å². The van der Waals surface area contributed by atoms with Gasteiger partial charge < -0.3 is 9.73 Å². The molecule has 8 nitrogen and oxygen atoms in total. The van der Waals surface area contributed by atoms with Gasteiger partial charge in [0.15, 0.2) is 5.58 Å². The van der Waals surface area contributed by atoms with Crippen LogP contribution in [0.1, 0.15) is 18.4 Å². The lowest BCUT2D eigenvalue weighted by molar-refractivity contribution is -0.384. The molecule has 0 spiro atoms. The smallest absolute Gasteiger partial charge is 0.407 e. The molecule has 0 aliphatic heterocycles. The highest BCUT2D eigenvalue weighted by Crippen LogP contribution is 2.20. The van der Waals surface area contributed by atoms with Crippen molar-refractivity contribution in [3.05, 3.63) is 68.4 Å². The molecule has 1 amide bonds. The number of hydrogen-bond donors (Lipinski definition) is 1. The van der Waals surface area contributed by atoms with Crippen LogP contribution in [0, 0.1) is 22.9 Å². The van der Waals surface area contributed by atoms with Gasteiger partial charge in [-0.3, -0.25) is 19.5 Å². The maximum atomic E-state index is 13.7. The molecule has 0 aliphatic carbocycles. The first-order valence-corrected chi connectivity index (χ1v) is 8.19. The van der Waals surface area contributed by atoms with Crippen LogP contribution >= 0.6 is 0 Å². The van der Waals surface area contributed by atoms with Crippen LogP contribution in [0.4, 0.5) is 15.8 Å². The summed E-state index contributed by atoms with van der Waals surface area (Å²) in [5.74, 6) is -1.56. The number of nitro groups is 1. The predicted octanol–water partition coefficient (Wildman–Crippen LogP) is 3.37. The number of oxazole rings is 1. The number of nitrogens with zero attached hydrogens (tertiary/aromatic N) is 2. The number of halogens is 1. The number of carbonyl (C=O) groups is 1.